The Kier molecular flexibility index (Phi) is 5.86. The van der Waals surface area contributed by atoms with Crippen LogP contribution < -0.4 is 10.5 Å². The van der Waals surface area contributed by atoms with Crippen LogP contribution in [0.25, 0.3) is 0 Å². The van der Waals surface area contributed by atoms with Gasteiger partial charge in [0.1, 0.15) is 5.75 Å². The lowest BCUT2D eigenvalue weighted by Crippen LogP contribution is -2.30. The second-order valence-electron chi connectivity index (χ2n) is 5.78. The van der Waals surface area contributed by atoms with Crippen LogP contribution in [-0.2, 0) is 0 Å². The molecule has 0 spiro atoms. The van der Waals surface area contributed by atoms with Crippen molar-refractivity contribution in [1.82, 2.24) is 4.90 Å². The van der Waals surface area contributed by atoms with Gasteiger partial charge in [-0.1, -0.05) is 31.5 Å². The van der Waals surface area contributed by atoms with Crippen molar-refractivity contribution in [2.45, 2.75) is 39.2 Å². The van der Waals surface area contributed by atoms with Crippen molar-refractivity contribution in [2.75, 3.05) is 26.2 Å². The number of hydrogen-bond acceptors (Lipinski definition) is 3. The minimum atomic E-state index is 0.0399. The largest absolute Gasteiger partial charge is 0.494 e. The first-order valence-corrected chi connectivity index (χ1v) is 7.94. The molecule has 2 N–H and O–H groups in total. The number of hydrogen-bond donors (Lipinski definition) is 1. The van der Waals surface area contributed by atoms with Gasteiger partial charge in [-0.3, -0.25) is 0 Å². The third-order valence-electron chi connectivity index (χ3n) is 4.14. The fourth-order valence-electron chi connectivity index (χ4n) is 3.17. The average molecular weight is 276 g/mol. The summed E-state index contributed by atoms with van der Waals surface area (Å²) in [4.78, 5) is 2.51. The molecular weight excluding hydrogens is 248 g/mol. The van der Waals surface area contributed by atoms with E-state index in [4.69, 9.17) is 10.5 Å². The summed E-state index contributed by atoms with van der Waals surface area (Å²) in [5.41, 5.74) is 7.54. The van der Waals surface area contributed by atoms with Gasteiger partial charge in [0, 0.05) is 24.7 Å². The van der Waals surface area contributed by atoms with Crippen LogP contribution in [0, 0.1) is 5.92 Å². The predicted molar refractivity (Wildman–Crippen MR) is 84.0 cm³/mol. The quantitative estimate of drug-likeness (QED) is 0.831. The summed E-state index contributed by atoms with van der Waals surface area (Å²) < 4.78 is 5.68. The summed E-state index contributed by atoms with van der Waals surface area (Å²) in [6.07, 6.45) is 3.96. The fourth-order valence-corrected chi connectivity index (χ4v) is 3.17. The van der Waals surface area contributed by atoms with E-state index in [1.165, 1.54) is 32.4 Å². The molecular formula is C17H28N2O. The topological polar surface area (TPSA) is 38.5 Å². The Hall–Kier alpha value is -1.06. The highest BCUT2D eigenvalue weighted by Gasteiger charge is 2.24. The highest BCUT2D eigenvalue weighted by atomic mass is 16.5. The minimum absolute atomic E-state index is 0.0399. The van der Waals surface area contributed by atoms with Crippen LogP contribution in [0.15, 0.2) is 24.3 Å². The molecule has 0 amide bonds. The van der Waals surface area contributed by atoms with Gasteiger partial charge in [0.05, 0.1) is 6.61 Å². The van der Waals surface area contributed by atoms with Gasteiger partial charge in [-0.25, -0.2) is 0 Å². The molecule has 1 saturated heterocycles. The van der Waals surface area contributed by atoms with E-state index < -0.39 is 0 Å². The summed E-state index contributed by atoms with van der Waals surface area (Å²) in [6, 6.07) is 8.20. The third-order valence-corrected chi connectivity index (χ3v) is 4.14. The van der Waals surface area contributed by atoms with Crippen molar-refractivity contribution >= 4 is 0 Å². The molecule has 2 rings (SSSR count). The summed E-state index contributed by atoms with van der Waals surface area (Å²) in [5, 5.41) is 0. The lowest BCUT2D eigenvalue weighted by Gasteiger charge is -2.22. The van der Waals surface area contributed by atoms with E-state index in [2.05, 4.69) is 17.9 Å². The molecule has 0 bridgehead atoms. The molecule has 1 aromatic carbocycles. The van der Waals surface area contributed by atoms with E-state index in [1.54, 1.807) is 0 Å². The van der Waals surface area contributed by atoms with Crippen molar-refractivity contribution in [3.8, 4) is 5.75 Å². The number of nitrogens with two attached hydrogens (primary N) is 1. The average Bonchev–Trinajstić information content (AvgIpc) is 2.87. The summed E-state index contributed by atoms with van der Waals surface area (Å²) in [5.74, 6) is 1.81. The van der Waals surface area contributed by atoms with E-state index in [9.17, 15) is 0 Å². The Morgan fingerprint density at radius 1 is 1.35 bits per heavy atom. The Morgan fingerprint density at radius 2 is 2.15 bits per heavy atom. The maximum atomic E-state index is 6.40. The number of para-hydroxylation sites is 1. The molecule has 1 fully saturated rings. The van der Waals surface area contributed by atoms with Crippen LogP contribution >= 0.6 is 0 Å². The molecule has 1 aromatic rings. The normalized spacial score (nSPS) is 21.1. The molecule has 112 valence electrons. The second-order valence-corrected chi connectivity index (χ2v) is 5.78. The molecule has 2 atom stereocenters. The van der Waals surface area contributed by atoms with E-state index in [-0.39, 0.29) is 6.04 Å². The van der Waals surface area contributed by atoms with Gasteiger partial charge >= 0.3 is 0 Å². The summed E-state index contributed by atoms with van der Waals surface area (Å²) in [7, 11) is 0. The van der Waals surface area contributed by atoms with Crippen LogP contribution in [-0.4, -0.2) is 31.1 Å². The minimum Gasteiger partial charge on any atom is -0.494 e. The molecule has 1 aliphatic rings. The Balaban J connectivity index is 1.93. The third kappa shape index (κ3) is 3.97. The van der Waals surface area contributed by atoms with Gasteiger partial charge < -0.3 is 15.4 Å². The van der Waals surface area contributed by atoms with Gasteiger partial charge in [0.15, 0.2) is 0 Å². The Bertz CT molecular complexity index is 408. The molecule has 3 heteroatoms. The first kappa shape index (κ1) is 15.3. The maximum absolute atomic E-state index is 6.40. The van der Waals surface area contributed by atoms with Gasteiger partial charge in [-0.15, -0.1) is 0 Å². The smallest absolute Gasteiger partial charge is 0.124 e. The predicted octanol–water partition coefficient (Wildman–Crippen LogP) is 3.21. The standard InChI is InChI=1S/C17H28N2O/c1-3-7-14-10-11-19(12-14)13-16(18)15-8-5-6-9-17(15)20-4-2/h5-6,8-9,14,16H,3-4,7,10-13,18H2,1-2H3. The van der Waals surface area contributed by atoms with Crippen molar-refractivity contribution in [3.63, 3.8) is 0 Å². The number of likely N-dealkylation sites (tertiary alicyclic amines) is 1. The van der Waals surface area contributed by atoms with Crippen LogP contribution in [0.2, 0.25) is 0 Å². The molecule has 3 nitrogen and oxygen atoms in total. The van der Waals surface area contributed by atoms with Crippen LogP contribution in [0.5, 0.6) is 5.75 Å². The molecule has 2 unspecified atom stereocenters. The van der Waals surface area contributed by atoms with Gasteiger partial charge in [0.25, 0.3) is 0 Å². The SMILES string of the molecule is CCCC1CCN(CC(N)c2ccccc2OCC)C1. The molecule has 0 saturated carbocycles. The Morgan fingerprint density at radius 3 is 2.90 bits per heavy atom. The van der Waals surface area contributed by atoms with E-state index in [0.717, 1.165) is 23.8 Å². The van der Waals surface area contributed by atoms with Crippen molar-refractivity contribution in [3.05, 3.63) is 29.8 Å². The van der Waals surface area contributed by atoms with Crippen LogP contribution in [0.1, 0.15) is 44.7 Å². The van der Waals surface area contributed by atoms with E-state index in [1.807, 2.05) is 25.1 Å². The lowest BCUT2D eigenvalue weighted by molar-refractivity contribution is 0.292. The maximum Gasteiger partial charge on any atom is 0.124 e. The van der Waals surface area contributed by atoms with Gasteiger partial charge in [-0.05, 0) is 38.3 Å². The van der Waals surface area contributed by atoms with Crippen molar-refractivity contribution < 1.29 is 4.74 Å². The zero-order valence-electron chi connectivity index (χ0n) is 12.8. The van der Waals surface area contributed by atoms with E-state index in [0.29, 0.717) is 6.61 Å². The van der Waals surface area contributed by atoms with E-state index >= 15 is 0 Å². The Labute approximate surface area is 123 Å². The van der Waals surface area contributed by atoms with Crippen LogP contribution in [0.4, 0.5) is 0 Å². The molecule has 0 radical (unpaired) electrons. The van der Waals surface area contributed by atoms with Crippen molar-refractivity contribution in [1.29, 1.82) is 0 Å². The van der Waals surface area contributed by atoms with Gasteiger partial charge in [0.2, 0.25) is 0 Å². The lowest BCUT2D eigenvalue weighted by atomic mass is 10.0. The summed E-state index contributed by atoms with van der Waals surface area (Å²) in [6.45, 7) is 8.30. The zero-order chi connectivity index (χ0) is 14.4. The molecule has 1 heterocycles. The monoisotopic (exact) mass is 276 g/mol. The zero-order valence-corrected chi connectivity index (χ0v) is 12.8. The van der Waals surface area contributed by atoms with Crippen molar-refractivity contribution in [2.24, 2.45) is 11.7 Å². The first-order valence-electron chi connectivity index (χ1n) is 7.94. The number of ether oxygens (including phenoxy) is 1. The van der Waals surface area contributed by atoms with Crippen LogP contribution in [0.3, 0.4) is 0 Å². The fraction of sp³-hybridized carbons (Fsp3) is 0.647. The number of rotatable bonds is 7. The highest BCUT2D eigenvalue weighted by Crippen LogP contribution is 2.27. The first-order chi connectivity index (χ1) is 9.74. The second kappa shape index (κ2) is 7.65. The number of nitrogens with zero attached hydrogens (tertiary/aromatic N) is 1. The summed E-state index contributed by atoms with van der Waals surface area (Å²) >= 11 is 0. The number of benzene rings is 1. The van der Waals surface area contributed by atoms with Gasteiger partial charge in [-0.2, -0.15) is 0 Å². The molecule has 0 aliphatic carbocycles. The highest BCUT2D eigenvalue weighted by molar-refractivity contribution is 5.36. The molecule has 20 heavy (non-hydrogen) atoms. The molecule has 1 aliphatic heterocycles. The molecule has 0 aromatic heterocycles.